The molecular weight excluding hydrogens is 458 g/mol. The second-order valence-corrected chi connectivity index (χ2v) is 10.2. The predicted octanol–water partition coefficient (Wildman–Crippen LogP) is 7.02. The van der Waals surface area contributed by atoms with Crippen LogP contribution in [0.1, 0.15) is 84.0 Å². The van der Waals surface area contributed by atoms with E-state index in [0.29, 0.717) is 28.3 Å². The Morgan fingerprint density at radius 2 is 1.76 bits per heavy atom. The normalized spacial score (nSPS) is 17.6. The molecule has 1 aliphatic rings. The zero-order valence-electron chi connectivity index (χ0n) is 21.6. The van der Waals surface area contributed by atoms with Crippen molar-refractivity contribution in [1.29, 1.82) is 10.7 Å². The molecule has 37 heavy (non-hydrogen) atoms. The Kier molecular flexibility index (Phi) is 8.25. The van der Waals surface area contributed by atoms with Crippen molar-refractivity contribution >= 4 is 28.8 Å². The Hall–Kier alpha value is -4.11. The van der Waals surface area contributed by atoms with Crippen LogP contribution in [0.2, 0.25) is 0 Å². The average Bonchev–Trinajstić information content (AvgIpc) is 2.88. The van der Waals surface area contributed by atoms with Crippen molar-refractivity contribution < 1.29 is 4.79 Å². The lowest BCUT2D eigenvalue weighted by molar-refractivity contribution is 0.0977. The van der Waals surface area contributed by atoms with E-state index in [1.165, 1.54) is 44.1 Å². The summed E-state index contributed by atoms with van der Waals surface area (Å²) in [5, 5.41) is 23.4. The van der Waals surface area contributed by atoms with Crippen LogP contribution in [0.3, 0.4) is 0 Å². The van der Waals surface area contributed by atoms with Gasteiger partial charge in [-0.3, -0.25) is 10.2 Å². The highest BCUT2D eigenvalue weighted by Gasteiger charge is 2.18. The number of nitriles is 1. The molecular formula is C31H35N5O. The smallest absolute Gasteiger partial charge is 0.256 e. The lowest BCUT2D eigenvalue weighted by atomic mass is 9.82. The number of aryl methyl sites for hydroxylation is 1. The van der Waals surface area contributed by atoms with Crippen molar-refractivity contribution in [3.05, 3.63) is 88.5 Å². The number of amidine groups is 1. The number of carbonyl (C=O) groups is 1. The molecule has 0 heterocycles. The van der Waals surface area contributed by atoms with Gasteiger partial charge in [-0.2, -0.15) is 5.26 Å². The standard InChI is InChI=1S/C31H35N5O/c1-20-5-3-4-6-23(9-7-20)24-10-12-25(13-11-24)31(37)36-30(34)27-15-14-26(18-28(27)33)35-29-16-8-22(19-32)17-21(29)2/h8,10-18,20,23,35H,3-7,9,33H2,1-2H3,(H2,34,36,37). The van der Waals surface area contributed by atoms with Crippen molar-refractivity contribution in [2.75, 3.05) is 11.1 Å². The van der Waals surface area contributed by atoms with Gasteiger partial charge in [0.2, 0.25) is 0 Å². The van der Waals surface area contributed by atoms with Gasteiger partial charge in [0, 0.05) is 28.2 Å². The Balaban J connectivity index is 1.39. The summed E-state index contributed by atoms with van der Waals surface area (Å²) in [6, 6.07) is 20.7. The highest BCUT2D eigenvalue weighted by atomic mass is 16.1. The van der Waals surface area contributed by atoms with Crippen molar-refractivity contribution in [2.24, 2.45) is 5.92 Å². The third kappa shape index (κ3) is 6.56. The molecule has 190 valence electrons. The zero-order chi connectivity index (χ0) is 26.4. The van der Waals surface area contributed by atoms with E-state index < -0.39 is 0 Å². The SMILES string of the molecule is Cc1cc(C#N)ccc1Nc1ccc(C(=N)NC(=O)c2ccc(C3CCCCC(C)CC3)cc2)c(N)c1. The van der Waals surface area contributed by atoms with E-state index in [0.717, 1.165) is 22.9 Å². The molecule has 0 saturated heterocycles. The van der Waals surface area contributed by atoms with E-state index >= 15 is 0 Å². The van der Waals surface area contributed by atoms with Crippen molar-refractivity contribution in [1.82, 2.24) is 5.32 Å². The van der Waals surface area contributed by atoms with Crippen LogP contribution in [0.25, 0.3) is 0 Å². The Labute approximate surface area is 219 Å². The Morgan fingerprint density at radius 1 is 1.00 bits per heavy atom. The molecule has 6 heteroatoms. The lowest BCUT2D eigenvalue weighted by Gasteiger charge is -2.23. The fourth-order valence-electron chi connectivity index (χ4n) is 5.05. The molecule has 3 aromatic carbocycles. The topological polar surface area (TPSA) is 115 Å². The Morgan fingerprint density at radius 3 is 2.46 bits per heavy atom. The monoisotopic (exact) mass is 493 g/mol. The van der Waals surface area contributed by atoms with Gasteiger partial charge in [-0.1, -0.05) is 44.7 Å². The summed E-state index contributed by atoms with van der Waals surface area (Å²) in [5.41, 5.74) is 12.1. The van der Waals surface area contributed by atoms with Crippen LogP contribution in [-0.4, -0.2) is 11.7 Å². The summed E-state index contributed by atoms with van der Waals surface area (Å²) >= 11 is 0. The molecule has 3 aromatic rings. The van der Waals surface area contributed by atoms with Crippen LogP contribution >= 0.6 is 0 Å². The zero-order valence-corrected chi connectivity index (χ0v) is 21.6. The minimum atomic E-state index is -0.322. The van der Waals surface area contributed by atoms with Crippen LogP contribution in [0.4, 0.5) is 17.1 Å². The summed E-state index contributed by atoms with van der Waals surface area (Å²) in [5.74, 6) is 0.980. The van der Waals surface area contributed by atoms with Crippen molar-refractivity contribution in [3.8, 4) is 6.07 Å². The van der Waals surface area contributed by atoms with Gasteiger partial charge in [0.05, 0.1) is 11.6 Å². The molecule has 0 bridgehead atoms. The fraction of sp³-hybridized carbons (Fsp3) is 0.323. The number of rotatable bonds is 5. The summed E-state index contributed by atoms with van der Waals surface area (Å²) in [6.07, 6.45) is 7.56. The van der Waals surface area contributed by atoms with Crippen LogP contribution < -0.4 is 16.4 Å². The summed E-state index contributed by atoms with van der Waals surface area (Å²) in [7, 11) is 0. The molecule has 1 fully saturated rings. The van der Waals surface area contributed by atoms with E-state index in [4.69, 9.17) is 16.4 Å². The minimum absolute atomic E-state index is 0.0401. The van der Waals surface area contributed by atoms with E-state index in [1.54, 1.807) is 18.2 Å². The maximum Gasteiger partial charge on any atom is 0.256 e. The number of amides is 1. The number of hydrogen-bond donors (Lipinski definition) is 4. The molecule has 1 saturated carbocycles. The number of hydrogen-bond acceptors (Lipinski definition) is 5. The van der Waals surface area contributed by atoms with E-state index in [9.17, 15) is 4.79 Å². The van der Waals surface area contributed by atoms with E-state index in [1.807, 2.05) is 37.3 Å². The third-order valence-electron chi connectivity index (χ3n) is 7.35. The number of benzene rings is 3. The van der Waals surface area contributed by atoms with Crippen molar-refractivity contribution in [3.63, 3.8) is 0 Å². The second-order valence-electron chi connectivity index (χ2n) is 10.2. The van der Waals surface area contributed by atoms with Gasteiger partial charge in [-0.15, -0.1) is 0 Å². The first kappa shape index (κ1) is 26.0. The molecule has 6 nitrogen and oxygen atoms in total. The largest absolute Gasteiger partial charge is 0.398 e. The van der Waals surface area contributed by atoms with Gasteiger partial charge in [0.1, 0.15) is 5.84 Å². The van der Waals surface area contributed by atoms with Crippen LogP contribution in [0.5, 0.6) is 0 Å². The molecule has 5 N–H and O–H groups in total. The Bertz CT molecular complexity index is 1320. The molecule has 2 unspecified atom stereocenters. The molecule has 0 radical (unpaired) electrons. The summed E-state index contributed by atoms with van der Waals surface area (Å²) in [6.45, 7) is 4.27. The first-order chi connectivity index (χ1) is 17.8. The van der Waals surface area contributed by atoms with Gasteiger partial charge in [0.15, 0.2) is 0 Å². The fourth-order valence-corrected chi connectivity index (χ4v) is 5.05. The van der Waals surface area contributed by atoms with Crippen molar-refractivity contribution in [2.45, 2.75) is 58.3 Å². The first-order valence-corrected chi connectivity index (χ1v) is 13.0. The second kappa shape index (κ2) is 11.7. The van der Waals surface area contributed by atoms with Gasteiger partial charge in [-0.25, -0.2) is 0 Å². The molecule has 2 atom stereocenters. The van der Waals surface area contributed by atoms with E-state index in [2.05, 4.69) is 35.8 Å². The number of nitrogens with zero attached hydrogens (tertiary/aromatic N) is 1. The van der Waals surface area contributed by atoms with Gasteiger partial charge in [-0.05, 0) is 91.3 Å². The number of nitrogen functional groups attached to an aromatic ring is 1. The third-order valence-corrected chi connectivity index (χ3v) is 7.35. The summed E-state index contributed by atoms with van der Waals surface area (Å²) in [4.78, 5) is 12.8. The van der Waals surface area contributed by atoms with Crippen LogP contribution in [0.15, 0.2) is 60.7 Å². The average molecular weight is 494 g/mol. The van der Waals surface area contributed by atoms with Gasteiger partial charge in [0.25, 0.3) is 5.91 Å². The summed E-state index contributed by atoms with van der Waals surface area (Å²) < 4.78 is 0. The van der Waals surface area contributed by atoms with E-state index in [-0.39, 0.29) is 11.7 Å². The number of nitrogens with two attached hydrogens (primary N) is 1. The molecule has 0 aliphatic heterocycles. The first-order valence-electron chi connectivity index (χ1n) is 13.0. The number of anilines is 3. The lowest BCUT2D eigenvalue weighted by Crippen LogP contribution is -2.31. The minimum Gasteiger partial charge on any atom is -0.398 e. The van der Waals surface area contributed by atoms with Gasteiger partial charge < -0.3 is 16.4 Å². The molecule has 4 rings (SSSR count). The molecule has 1 amide bonds. The van der Waals surface area contributed by atoms with Crippen LogP contribution in [-0.2, 0) is 0 Å². The maximum atomic E-state index is 12.8. The number of carbonyl (C=O) groups excluding carboxylic acids is 1. The highest BCUT2D eigenvalue weighted by molar-refractivity contribution is 6.13. The molecule has 1 aliphatic carbocycles. The maximum absolute atomic E-state index is 12.8. The number of nitrogens with one attached hydrogen (secondary N) is 3. The molecule has 0 aromatic heterocycles. The van der Waals surface area contributed by atoms with Gasteiger partial charge >= 0.3 is 0 Å². The van der Waals surface area contributed by atoms with Crippen LogP contribution in [0, 0.1) is 29.6 Å². The molecule has 0 spiro atoms. The quantitative estimate of drug-likeness (QED) is 0.174. The highest BCUT2D eigenvalue weighted by Crippen LogP contribution is 2.33. The predicted molar refractivity (Wildman–Crippen MR) is 150 cm³/mol.